The summed E-state index contributed by atoms with van der Waals surface area (Å²) in [5, 5.41) is 4.39. The third-order valence-corrected chi connectivity index (χ3v) is 4.79. The fourth-order valence-electron chi connectivity index (χ4n) is 2.37. The normalized spacial score (nSPS) is 19.1. The molecule has 3 heteroatoms. The van der Waals surface area contributed by atoms with E-state index in [1.807, 2.05) is 0 Å². The first-order chi connectivity index (χ1) is 7.24. The maximum absolute atomic E-state index is 4.50. The molecule has 0 aromatic carbocycles. The smallest absolute Gasteiger partial charge is 0.0239 e. The lowest BCUT2D eigenvalue weighted by Crippen LogP contribution is -2.41. The van der Waals surface area contributed by atoms with Gasteiger partial charge in [-0.05, 0) is 53.4 Å². The molecule has 0 bridgehead atoms. The number of rotatable bonds is 5. The van der Waals surface area contributed by atoms with Gasteiger partial charge in [-0.1, -0.05) is 6.42 Å². The van der Waals surface area contributed by atoms with Gasteiger partial charge in [0.05, 0.1) is 0 Å². The molecule has 1 aromatic heterocycles. The summed E-state index contributed by atoms with van der Waals surface area (Å²) in [5.74, 6) is 1.04. The standard InChI is InChI=1S/C12H19NS2/c1-13(7-11-3-6-15-8-11)9-12(10-14)4-2-5-12/h3,6,8,14H,2,4-5,7,9-10H2,1H3. The van der Waals surface area contributed by atoms with E-state index in [2.05, 4.69) is 41.4 Å². The SMILES string of the molecule is CN(Cc1ccsc1)CC1(CS)CCC1. The van der Waals surface area contributed by atoms with Crippen LogP contribution in [0.3, 0.4) is 0 Å². The first-order valence-corrected chi connectivity index (χ1v) is 7.12. The van der Waals surface area contributed by atoms with Gasteiger partial charge >= 0.3 is 0 Å². The van der Waals surface area contributed by atoms with Crippen LogP contribution in [0.15, 0.2) is 16.8 Å². The van der Waals surface area contributed by atoms with Crippen molar-refractivity contribution in [1.82, 2.24) is 4.90 Å². The lowest BCUT2D eigenvalue weighted by atomic mass is 9.70. The molecule has 1 heterocycles. The van der Waals surface area contributed by atoms with Crippen molar-refractivity contribution in [2.45, 2.75) is 25.8 Å². The first kappa shape index (κ1) is 11.5. The van der Waals surface area contributed by atoms with Crippen LogP contribution in [0.2, 0.25) is 0 Å². The summed E-state index contributed by atoms with van der Waals surface area (Å²) in [6, 6.07) is 2.22. The van der Waals surface area contributed by atoms with E-state index >= 15 is 0 Å². The van der Waals surface area contributed by atoms with E-state index in [-0.39, 0.29) is 0 Å². The van der Waals surface area contributed by atoms with Crippen molar-refractivity contribution < 1.29 is 0 Å². The maximum atomic E-state index is 4.50. The van der Waals surface area contributed by atoms with Gasteiger partial charge < -0.3 is 4.90 Å². The molecule has 0 saturated heterocycles. The minimum absolute atomic E-state index is 0.522. The number of nitrogens with zero attached hydrogens (tertiary/aromatic N) is 1. The van der Waals surface area contributed by atoms with Crippen molar-refractivity contribution in [1.29, 1.82) is 0 Å². The van der Waals surface area contributed by atoms with Crippen LogP contribution in [0.5, 0.6) is 0 Å². The Hall–Kier alpha value is 0.01000. The highest BCUT2D eigenvalue weighted by Crippen LogP contribution is 2.42. The Labute approximate surface area is 102 Å². The van der Waals surface area contributed by atoms with Gasteiger partial charge in [-0.3, -0.25) is 0 Å². The number of thiophene rings is 1. The Bertz CT molecular complexity index is 285. The molecule has 0 atom stereocenters. The van der Waals surface area contributed by atoms with E-state index in [9.17, 15) is 0 Å². The van der Waals surface area contributed by atoms with Gasteiger partial charge in [-0.2, -0.15) is 24.0 Å². The summed E-state index contributed by atoms with van der Waals surface area (Å²) in [5.41, 5.74) is 1.96. The van der Waals surface area contributed by atoms with Crippen molar-refractivity contribution in [2.24, 2.45) is 5.41 Å². The second-order valence-electron chi connectivity index (χ2n) is 4.82. The summed E-state index contributed by atoms with van der Waals surface area (Å²) in [6.45, 7) is 2.28. The van der Waals surface area contributed by atoms with Crippen LogP contribution < -0.4 is 0 Å². The average Bonchev–Trinajstić information content (AvgIpc) is 2.64. The van der Waals surface area contributed by atoms with Crippen molar-refractivity contribution in [3.05, 3.63) is 22.4 Å². The Balaban J connectivity index is 1.84. The largest absolute Gasteiger partial charge is 0.302 e. The molecule has 1 saturated carbocycles. The zero-order valence-corrected chi connectivity index (χ0v) is 11.0. The molecule has 2 rings (SSSR count). The van der Waals surface area contributed by atoms with Crippen LogP contribution in [0.1, 0.15) is 24.8 Å². The van der Waals surface area contributed by atoms with E-state index in [0.717, 1.165) is 12.3 Å². The molecule has 84 valence electrons. The van der Waals surface area contributed by atoms with E-state index < -0.39 is 0 Å². The lowest BCUT2D eigenvalue weighted by Gasteiger charge is -2.43. The Morgan fingerprint density at radius 3 is 2.80 bits per heavy atom. The molecule has 0 aliphatic heterocycles. The van der Waals surface area contributed by atoms with Crippen LogP contribution in [0.4, 0.5) is 0 Å². The highest BCUT2D eigenvalue weighted by Gasteiger charge is 2.36. The van der Waals surface area contributed by atoms with E-state index in [1.54, 1.807) is 11.3 Å². The first-order valence-electron chi connectivity index (χ1n) is 5.55. The zero-order chi connectivity index (χ0) is 10.7. The van der Waals surface area contributed by atoms with Gasteiger partial charge in [-0.25, -0.2) is 0 Å². The molecule has 0 spiro atoms. The van der Waals surface area contributed by atoms with Crippen molar-refractivity contribution >= 4 is 24.0 Å². The quantitative estimate of drug-likeness (QED) is 0.774. The van der Waals surface area contributed by atoms with Crippen LogP contribution >= 0.6 is 24.0 Å². The molecule has 15 heavy (non-hydrogen) atoms. The summed E-state index contributed by atoms with van der Waals surface area (Å²) in [6.07, 6.45) is 4.13. The fraction of sp³-hybridized carbons (Fsp3) is 0.667. The van der Waals surface area contributed by atoms with Gasteiger partial charge in [0.2, 0.25) is 0 Å². The van der Waals surface area contributed by atoms with Gasteiger partial charge in [0, 0.05) is 13.1 Å². The molecule has 0 radical (unpaired) electrons. The molecule has 1 aliphatic carbocycles. The van der Waals surface area contributed by atoms with E-state index in [1.165, 1.54) is 31.4 Å². The van der Waals surface area contributed by atoms with Gasteiger partial charge in [0.25, 0.3) is 0 Å². The van der Waals surface area contributed by atoms with Gasteiger partial charge in [0.1, 0.15) is 0 Å². The third-order valence-electron chi connectivity index (χ3n) is 3.39. The van der Waals surface area contributed by atoms with Crippen molar-refractivity contribution in [3.8, 4) is 0 Å². The van der Waals surface area contributed by atoms with Crippen LogP contribution in [-0.2, 0) is 6.54 Å². The van der Waals surface area contributed by atoms with E-state index in [0.29, 0.717) is 5.41 Å². The summed E-state index contributed by atoms with van der Waals surface area (Å²) in [7, 11) is 2.22. The summed E-state index contributed by atoms with van der Waals surface area (Å²) < 4.78 is 0. The second-order valence-corrected chi connectivity index (χ2v) is 5.91. The minimum atomic E-state index is 0.522. The van der Waals surface area contributed by atoms with Gasteiger partial charge in [-0.15, -0.1) is 0 Å². The molecular formula is C12H19NS2. The number of hydrogen-bond acceptors (Lipinski definition) is 3. The number of hydrogen-bond donors (Lipinski definition) is 1. The van der Waals surface area contributed by atoms with E-state index in [4.69, 9.17) is 0 Å². The maximum Gasteiger partial charge on any atom is 0.0239 e. The Morgan fingerprint density at radius 1 is 1.53 bits per heavy atom. The molecule has 0 unspecified atom stereocenters. The average molecular weight is 241 g/mol. The highest BCUT2D eigenvalue weighted by molar-refractivity contribution is 7.80. The number of thiol groups is 1. The fourth-order valence-corrected chi connectivity index (χ4v) is 3.44. The Morgan fingerprint density at radius 2 is 2.33 bits per heavy atom. The lowest BCUT2D eigenvalue weighted by molar-refractivity contribution is 0.102. The molecule has 1 aromatic rings. The molecule has 1 nitrogen and oxygen atoms in total. The predicted molar refractivity (Wildman–Crippen MR) is 70.8 cm³/mol. The van der Waals surface area contributed by atoms with Crippen LogP contribution in [0, 0.1) is 5.41 Å². The van der Waals surface area contributed by atoms with Crippen LogP contribution in [-0.4, -0.2) is 24.2 Å². The topological polar surface area (TPSA) is 3.24 Å². The van der Waals surface area contributed by atoms with Crippen molar-refractivity contribution in [3.63, 3.8) is 0 Å². The zero-order valence-electron chi connectivity index (χ0n) is 9.28. The predicted octanol–water partition coefficient (Wildman–Crippen LogP) is 3.28. The van der Waals surface area contributed by atoms with Crippen LogP contribution in [0.25, 0.3) is 0 Å². The second kappa shape index (κ2) is 4.89. The molecule has 1 aliphatic rings. The molecule has 0 amide bonds. The highest BCUT2D eigenvalue weighted by atomic mass is 32.1. The summed E-state index contributed by atoms with van der Waals surface area (Å²) in [4.78, 5) is 2.44. The molecule has 0 N–H and O–H groups in total. The van der Waals surface area contributed by atoms with Gasteiger partial charge in [0.15, 0.2) is 0 Å². The van der Waals surface area contributed by atoms with Crippen molar-refractivity contribution in [2.75, 3.05) is 19.3 Å². The third kappa shape index (κ3) is 2.77. The summed E-state index contributed by atoms with van der Waals surface area (Å²) >= 11 is 6.28. The monoisotopic (exact) mass is 241 g/mol. The minimum Gasteiger partial charge on any atom is -0.302 e. The molecular weight excluding hydrogens is 222 g/mol. The molecule has 1 fully saturated rings. The Kier molecular flexibility index (Phi) is 3.75.